The van der Waals surface area contributed by atoms with Crippen molar-refractivity contribution in [3.63, 3.8) is 0 Å². The summed E-state index contributed by atoms with van der Waals surface area (Å²) >= 11 is 4.58. The predicted molar refractivity (Wildman–Crippen MR) is 109 cm³/mol. The predicted octanol–water partition coefficient (Wildman–Crippen LogP) is 5.56. The van der Waals surface area contributed by atoms with Gasteiger partial charge in [0.2, 0.25) is 0 Å². The van der Waals surface area contributed by atoms with Gasteiger partial charge in [-0.05, 0) is 55.5 Å². The van der Waals surface area contributed by atoms with Crippen LogP contribution in [-0.4, -0.2) is 23.3 Å². The molecule has 25 heavy (non-hydrogen) atoms. The highest BCUT2D eigenvalue weighted by Crippen LogP contribution is 2.19. The number of hydrogen-bond donors (Lipinski definition) is 0. The van der Waals surface area contributed by atoms with E-state index in [0.717, 1.165) is 34.9 Å². The molecule has 0 fully saturated rings. The lowest BCUT2D eigenvalue weighted by molar-refractivity contribution is 1.44. The molecule has 1 aliphatic rings. The number of aliphatic imine (C=N–C) groups is 4. The maximum absolute atomic E-state index is 4.58. The number of hydrogen-bond acceptors (Lipinski definition) is 5. The highest BCUT2D eigenvalue weighted by molar-refractivity contribution is 7.78. The van der Waals surface area contributed by atoms with Crippen molar-refractivity contribution in [2.75, 3.05) is 0 Å². The second kappa shape index (κ2) is 8.20. The normalized spacial score (nSPS) is 13.8. The van der Waals surface area contributed by atoms with Crippen LogP contribution in [0, 0.1) is 6.92 Å². The Balaban J connectivity index is 1.62. The van der Waals surface area contributed by atoms with E-state index in [9.17, 15) is 0 Å². The van der Waals surface area contributed by atoms with Gasteiger partial charge in [-0.1, -0.05) is 23.8 Å². The average molecular weight is 344 g/mol. The third kappa shape index (κ3) is 4.98. The van der Waals surface area contributed by atoms with Crippen molar-refractivity contribution in [3.8, 4) is 0 Å². The molecule has 2 aromatic rings. The molecule has 0 atom stereocenters. The molecule has 0 spiro atoms. The molecule has 3 rings (SSSR count). The van der Waals surface area contributed by atoms with Crippen molar-refractivity contribution in [1.29, 1.82) is 0 Å². The first-order valence-electron chi connectivity index (χ1n) is 7.83. The van der Waals surface area contributed by atoms with Gasteiger partial charge in [-0.25, -0.2) is 0 Å². The van der Waals surface area contributed by atoms with Crippen LogP contribution in [0.5, 0.6) is 0 Å². The minimum absolute atomic E-state index is 0.763. The third-order valence-electron chi connectivity index (χ3n) is 3.56. The number of isothiocyanates is 1. The lowest BCUT2D eigenvalue weighted by Crippen LogP contribution is -1.93. The number of benzene rings is 2. The van der Waals surface area contributed by atoms with Crippen LogP contribution >= 0.6 is 12.2 Å². The first-order chi connectivity index (χ1) is 12.2. The third-order valence-corrected chi connectivity index (χ3v) is 3.65. The van der Waals surface area contributed by atoms with Crippen molar-refractivity contribution >= 4 is 52.6 Å². The highest BCUT2D eigenvalue weighted by Gasteiger charge is 2.04. The molecule has 0 saturated heterocycles. The van der Waals surface area contributed by atoms with Crippen LogP contribution in [0.25, 0.3) is 0 Å². The van der Waals surface area contributed by atoms with Crippen LogP contribution in [0.2, 0.25) is 0 Å². The second-order valence-electron chi connectivity index (χ2n) is 5.51. The molecule has 0 N–H and O–H groups in total. The number of aryl methyl sites for hydroxylation is 1. The summed E-state index contributed by atoms with van der Waals surface area (Å²) in [5, 5.41) is 2.34. The zero-order chi connectivity index (χ0) is 17.5. The Hall–Kier alpha value is -3.01. The molecule has 0 saturated carbocycles. The van der Waals surface area contributed by atoms with E-state index in [1.54, 1.807) is 12.4 Å². The molecule has 4 nitrogen and oxygen atoms in total. The van der Waals surface area contributed by atoms with E-state index in [-0.39, 0.29) is 0 Å². The first-order valence-corrected chi connectivity index (χ1v) is 8.24. The van der Waals surface area contributed by atoms with Gasteiger partial charge in [0.1, 0.15) is 0 Å². The fourth-order valence-corrected chi connectivity index (χ4v) is 2.32. The number of thiocarbonyl (C=S) groups is 1. The van der Waals surface area contributed by atoms with Crippen molar-refractivity contribution in [1.82, 2.24) is 0 Å². The minimum atomic E-state index is 0.763. The molecule has 0 aromatic heterocycles. The van der Waals surface area contributed by atoms with E-state index in [0.29, 0.717) is 0 Å². The van der Waals surface area contributed by atoms with E-state index < -0.39 is 0 Å². The lowest BCUT2D eigenvalue weighted by Gasteiger charge is -1.95. The Morgan fingerprint density at radius 2 is 1.52 bits per heavy atom. The fourth-order valence-electron chi connectivity index (χ4n) is 2.22. The maximum atomic E-state index is 4.58. The lowest BCUT2D eigenvalue weighted by atomic mass is 10.2. The van der Waals surface area contributed by atoms with E-state index in [1.807, 2.05) is 54.6 Å². The minimum Gasteiger partial charge on any atom is -0.255 e. The summed E-state index contributed by atoms with van der Waals surface area (Å²) in [6.07, 6.45) is 6.36. The summed E-state index contributed by atoms with van der Waals surface area (Å²) in [6.45, 7) is 2.06. The van der Waals surface area contributed by atoms with E-state index in [1.165, 1.54) is 5.56 Å². The van der Waals surface area contributed by atoms with Crippen molar-refractivity contribution in [2.24, 2.45) is 20.0 Å². The van der Waals surface area contributed by atoms with Crippen LogP contribution < -0.4 is 0 Å². The molecular weight excluding hydrogens is 328 g/mol. The first kappa shape index (κ1) is 16.8. The Kier molecular flexibility index (Phi) is 5.52. The molecule has 1 aliphatic heterocycles. The number of rotatable bonds is 5. The van der Waals surface area contributed by atoms with Crippen molar-refractivity contribution in [2.45, 2.75) is 13.3 Å². The molecule has 0 amide bonds. The summed E-state index contributed by atoms with van der Waals surface area (Å²) in [7, 11) is 0. The maximum Gasteiger partial charge on any atom is 0.0780 e. The standard InChI is InChI=1S/C20H16N4S/c1-15-2-4-16(5-3-15)21-12-19-10-11-20(24-19)13-22-17-6-8-18(9-7-17)23-14-25/h2-9,11-13H,10H2,1H3. The van der Waals surface area contributed by atoms with Crippen LogP contribution in [0.1, 0.15) is 12.0 Å². The van der Waals surface area contributed by atoms with Gasteiger partial charge in [0.15, 0.2) is 0 Å². The molecule has 1 heterocycles. The van der Waals surface area contributed by atoms with Crippen molar-refractivity contribution < 1.29 is 0 Å². The van der Waals surface area contributed by atoms with Gasteiger partial charge < -0.3 is 0 Å². The summed E-state index contributed by atoms with van der Waals surface area (Å²) in [5.74, 6) is 0. The van der Waals surface area contributed by atoms with Gasteiger partial charge in [-0.2, -0.15) is 4.99 Å². The molecule has 0 radical (unpaired) electrons. The van der Waals surface area contributed by atoms with Gasteiger partial charge in [0.05, 0.1) is 39.8 Å². The van der Waals surface area contributed by atoms with Crippen molar-refractivity contribution in [3.05, 3.63) is 65.9 Å². The molecule has 2 aromatic carbocycles. The van der Waals surface area contributed by atoms with Crippen LogP contribution in [-0.2, 0) is 0 Å². The Bertz CT molecular complexity index is 913. The van der Waals surface area contributed by atoms with Gasteiger partial charge in [0.25, 0.3) is 0 Å². The molecule has 5 heteroatoms. The van der Waals surface area contributed by atoms with Gasteiger partial charge in [0, 0.05) is 12.6 Å². The molecule has 122 valence electrons. The summed E-state index contributed by atoms with van der Waals surface area (Å²) in [6, 6.07) is 15.5. The Morgan fingerprint density at radius 1 is 0.920 bits per heavy atom. The van der Waals surface area contributed by atoms with E-state index in [4.69, 9.17) is 0 Å². The molecule has 0 bridgehead atoms. The van der Waals surface area contributed by atoms with Crippen LogP contribution in [0.4, 0.5) is 17.1 Å². The van der Waals surface area contributed by atoms with Crippen LogP contribution in [0.3, 0.4) is 0 Å². The van der Waals surface area contributed by atoms with Gasteiger partial charge in [-0.3, -0.25) is 15.0 Å². The Morgan fingerprint density at radius 3 is 2.20 bits per heavy atom. The zero-order valence-corrected chi connectivity index (χ0v) is 14.6. The molecular formula is C20H16N4S. The largest absolute Gasteiger partial charge is 0.255 e. The van der Waals surface area contributed by atoms with Gasteiger partial charge in [-0.15, -0.1) is 0 Å². The SMILES string of the molecule is Cc1ccc(N=CC2=NC(C=Nc3ccc(N=C=S)cc3)=CC2)cc1. The smallest absolute Gasteiger partial charge is 0.0780 e. The number of allylic oxidation sites excluding steroid dienone is 2. The van der Waals surface area contributed by atoms with Gasteiger partial charge >= 0.3 is 0 Å². The monoisotopic (exact) mass is 344 g/mol. The summed E-state index contributed by atoms with van der Waals surface area (Å²) < 4.78 is 0. The van der Waals surface area contributed by atoms with E-state index >= 15 is 0 Å². The Labute approximate surface area is 152 Å². The summed E-state index contributed by atoms with van der Waals surface area (Å²) in [5.41, 5.74) is 5.51. The highest BCUT2D eigenvalue weighted by atomic mass is 32.1. The summed E-state index contributed by atoms with van der Waals surface area (Å²) in [4.78, 5) is 17.3. The average Bonchev–Trinajstić information content (AvgIpc) is 3.09. The topological polar surface area (TPSA) is 49.4 Å². The number of nitrogens with zero attached hydrogens (tertiary/aromatic N) is 4. The second-order valence-corrected chi connectivity index (χ2v) is 5.69. The molecule has 0 unspecified atom stereocenters. The quantitative estimate of drug-likeness (QED) is 0.517. The fraction of sp³-hybridized carbons (Fsp3) is 0.100. The molecule has 0 aliphatic carbocycles. The van der Waals surface area contributed by atoms with E-state index in [2.05, 4.69) is 44.3 Å². The zero-order valence-electron chi connectivity index (χ0n) is 13.8. The van der Waals surface area contributed by atoms with Crippen LogP contribution in [0.15, 0.2) is 80.3 Å².